The second kappa shape index (κ2) is 7.12. The van der Waals surface area contributed by atoms with Crippen LogP contribution < -0.4 is 5.32 Å². The summed E-state index contributed by atoms with van der Waals surface area (Å²) in [6.45, 7) is 7.07. The summed E-state index contributed by atoms with van der Waals surface area (Å²) < 4.78 is 13.1. The van der Waals surface area contributed by atoms with Crippen molar-refractivity contribution in [3.8, 4) is 0 Å². The molecule has 0 bridgehead atoms. The van der Waals surface area contributed by atoms with Crippen LogP contribution in [0.15, 0.2) is 29.2 Å². The molecule has 1 rings (SSSR count). The summed E-state index contributed by atoms with van der Waals surface area (Å²) in [5.41, 5.74) is -0.269. The SMILES string of the molecule is CCNC(C)(CO)CC(C)Sc1cccc(F)c1. The van der Waals surface area contributed by atoms with Crippen LogP contribution in [0.4, 0.5) is 4.39 Å². The molecule has 0 saturated carbocycles. The molecule has 18 heavy (non-hydrogen) atoms. The van der Waals surface area contributed by atoms with E-state index in [9.17, 15) is 9.50 Å². The predicted octanol–water partition coefficient (Wildman–Crippen LogP) is 3.06. The highest BCUT2D eigenvalue weighted by Crippen LogP contribution is 2.28. The molecule has 0 saturated heterocycles. The van der Waals surface area contributed by atoms with E-state index in [0.29, 0.717) is 5.25 Å². The fourth-order valence-electron chi connectivity index (χ4n) is 2.07. The summed E-state index contributed by atoms with van der Waals surface area (Å²) >= 11 is 1.63. The summed E-state index contributed by atoms with van der Waals surface area (Å²) in [7, 11) is 0. The van der Waals surface area contributed by atoms with E-state index in [1.54, 1.807) is 23.9 Å². The number of aliphatic hydroxyl groups is 1. The Morgan fingerprint density at radius 2 is 2.22 bits per heavy atom. The Balaban J connectivity index is 2.57. The Kier molecular flexibility index (Phi) is 6.12. The topological polar surface area (TPSA) is 32.3 Å². The molecule has 0 heterocycles. The van der Waals surface area contributed by atoms with Crippen LogP contribution in [0.25, 0.3) is 0 Å². The van der Waals surface area contributed by atoms with E-state index in [1.807, 2.05) is 19.9 Å². The van der Waals surface area contributed by atoms with E-state index < -0.39 is 0 Å². The van der Waals surface area contributed by atoms with Crippen LogP contribution in [0, 0.1) is 5.82 Å². The zero-order valence-electron chi connectivity index (χ0n) is 11.2. The number of rotatable bonds is 7. The fraction of sp³-hybridized carbons (Fsp3) is 0.571. The number of likely N-dealkylation sites (N-methyl/N-ethyl adjacent to an activating group) is 1. The number of hydrogen-bond acceptors (Lipinski definition) is 3. The molecule has 0 aliphatic carbocycles. The van der Waals surface area contributed by atoms with Crippen molar-refractivity contribution in [2.24, 2.45) is 0 Å². The first-order chi connectivity index (χ1) is 8.49. The number of hydrogen-bond donors (Lipinski definition) is 2. The molecule has 2 nitrogen and oxygen atoms in total. The van der Waals surface area contributed by atoms with E-state index in [2.05, 4.69) is 12.2 Å². The lowest BCUT2D eigenvalue weighted by Crippen LogP contribution is -2.47. The third-order valence-electron chi connectivity index (χ3n) is 2.82. The third-order valence-corrected chi connectivity index (χ3v) is 3.92. The van der Waals surface area contributed by atoms with E-state index in [4.69, 9.17) is 0 Å². The van der Waals surface area contributed by atoms with Crippen LogP contribution in [0.3, 0.4) is 0 Å². The molecule has 0 fully saturated rings. The number of nitrogens with one attached hydrogen (secondary N) is 1. The van der Waals surface area contributed by atoms with Crippen molar-refractivity contribution >= 4 is 11.8 Å². The average molecular weight is 271 g/mol. The first-order valence-corrected chi connectivity index (χ1v) is 7.15. The minimum atomic E-state index is -0.269. The van der Waals surface area contributed by atoms with Gasteiger partial charge in [0, 0.05) is 15.7 Å². The quantitative estimate of drug-likeness (QED) is 0.748. The number of benzene rings is 1. The number of thioether (sulfide) groups is 1. The van der Waals surface area contributed by atoms with Gasteiger partial charge in [0.25, 0.3) is 0 Å². The number of halogens is 1. The monoisotopic (exact) mass is 271 g/mol. The van der Waals surface area contributed by atoms with Gasteiger partial charge in [0.1, 0.15) is 5.82 Å². The summed E-state index contributed by atoms with van der Waals surface area (Å²) in [6.07, 6.45) is 0.832. The van der Waals surface area contributed by atoms with Crippen LogP contribution in [-0.2, 0) is 0 Å². The van der Waals surface area contributed by atoms with Gasteiger partial charge in [-0.1, -0.05) is 19.9 Å². The molecular weight excluding hydrogens is 249 g/mol. The van der Waals surface area contributed by atoms with Gasteiger partial charge in [0.05, 0.1) is 6.61 Å². The highest BCUT2D eigenvalue weighted by atomic mass is 32.2. The first-order valence-electron chi connectivity index (χ1n) is 6.27. The maximum Gasteiger partial charge on any atom is 0.124 e. The molecule has 0 radical (unpaired) electrons. The standard InChI is InChI=1S/C14H22FNOS/c1-4-16-14(3,10-17)9-11(2)18-13-7-5-6-12(15)8-13/h5-8,11,16-17H,4,9-10H2,1-3H3. The molecule has 1 aromatic rings. The van der Waals surface area contributed by atoms with Gasteiger partial charge < -0.3 is 10.4 Å². The Labute approximate surface area is 113 Å². The van der Waals surface area contributed by atoms with Crippen molar-refractivity contribution in [2.45, 2.75) is 42.9 Å². The van der Waals surface area contributed by atoms with E-state index in [-0.39, 0.29) is 18.0 Å². The summed E-state index contributed by atoms with van der Waals surface area (Å²) in [5.74, 6) is -0.205. The Hall–Kier alpha value is -0.580. The van der Waals surface area contributed by atoms with Gasteiger partial charge in [0.2, 0.25) is 0 Å². The zero-order chi connectivity index (χ0) is 13.6. The van der Waals surface area contributed by atoms with Crippen LogP contribution in [0.2, 0.25) is 0 Å². The van der Waals surface area contributed by atoms with Crippen molar-refractivity contribution in [1.82, 2.24) is 5.32 Å². The molecule has 2 unspecified atom stereocenters. The van der Waals surface area contributed by atoms with Crippen molar-refractivity contribution < 1.29 is 9.50 Å². The summed E-state index contributed by atoms with van der Waals surface area (Å²) in [4.78, 5) is 0.930. The number of aliphatic hydroxyl groups excluding tert-OH is 1. The molecule has 4 heteroatoms. The molecule has 0 aliphatic heterocycles. The molecule has 102 valence electrons. The van der Waals surface area contributed by atoms with Crippen LogP contribution in [0.1, 0.15) is 27.2 Å². The van der Waals surface area contributed by atoms with Crippen molar-refractivity contribution in [3.63, 3.8) is 0 Å². The smallest absolute Gasteiger partial charge is 0.124 e. The second-order valence-electron chi connectivity index (χ2n) is 4.84. The first kappa shape index (κ1) is 15.5. The molecule has 2 N–H and O–H groups in total. The van der Waals surface area contributed by atoms with Crippen molar-refractivity contribution in [1.29, 1.82) is 0 Å². The average Bonchev–Trinajstić information content (AvgIpc) is 2.29. The fourth-order valence-corrected chi connectivity index (χ4v) is 3.32. The molecule has 0 aliphatic rings. The molecule has 0 amide bonds. The van der Waals surface area contributed by atoms with Gasteiger partial charge in [-0.05, 0) is 38.1 Å². The van der Waals surface area contributed by atoms with Crippen LogP contribution >= 0.6 is 11.8 Å². The Bertz CT molecular complexity index is 375. The largest absolute Gasteiger partial charge is 0.394 e. The van der Waals surface area contributed by atoms with Gasteiger partial charge in [0.15, 0.2) is 0 Å². The van der Waals surface area contributed by atoms with Crippen molar-refractivity contribution in [3.05, 3.63) is 30.1 Å². The minimum Gasteiger partial charge on any atom is -0.394 e. The van der Waals surface area contributed by atoms with Gasteiger partial charge in [-0.2, -0.15) is 0 Å². The second-order valence-corrected chi connectivity index (χ2v) is 6.35. The summed E-state index contributed by atoms with van der Waals surface area (Å²) in [5, 5.41) is 13.1. The highest BCUT2D eigenvalue weighted by molar-refractivity contribution is 7.99. The molecule has 0 aromatic heterocycles. The van der Waals surface area contributed by atoms with Crippen LogP contribution in [0.5, 0.6) is 0 Å². The maximum absolute atomic E-state index is 13.1. The zero-order valence-corrected chi connectivity index (χ0v) is 12.1. The third kappa shape index (κ3) is 4.96. The highest BCUT2D eigenvalue weighted by Gasteiger charge is 2.25. The molecule has 0 spiro atoms. The van der Waals surface area contributed by atoms with Gasteiger partial charge in [-0.3, -0.25) is 0 Å². The summed E-state index contributed by atoms with van der Waals surface area (Å²) in [6, 6.07) is 6.63. The van der Waals surface area contributed by atoms with E-state index >= 15 is 0 Å². The lowest BCUT2D eigenvalue weighted by molar-refractivity contribution is 0.168. The predicted molar refractivity (Wildman–Crippen MR) is 75.5 cm³/mol. The molecule has 2 atom stereocenters. The lowest BCUT2D eigenvalue weighted by Gasteiger charge is -2.31. The van der Waals surface area contributed by atoms with Gasteiger partial charge in [-0.25, -0.2) is 4.39 Å². The van der Waals surface area contributed by atoms with Gasteiger partial charge >= 0.3 is 0 Å². The maximum atomic E-state index is 13.1. The minimum absolute atomic E-state index is 0.106. The van der Waals surface area contributed by atoms with Crippen LogP contribution in [-0.4, -0.2) is 29.0 Å². The van der Waals surface area contributed by atoms with Crippen molar-refractivity contribution in [2.75, 3.05) is 13.2 Å². The lowest BCUT2D eigenvalue weighted by atomic mass is 9.97. The van der Waals surface area contributed by atoms with Gasteiger partial charge in [-0.15, -0.1) is 11.8 Å². The Morgan fingerprint density at radius 1 is 1.50 bits per heavy atom. The Morgan fingerprint density at radius 3 is 2.78 bits per heavy atom. The molecular formula is C14H22FNOS. The molecule has 1 aromatic carbocycles. The van der Waals surface area contributed by atoms with E-state index in [0.717, 1.165) is 17.9 Å². The van der Waals surface area contributed by atoms with E-state index in [1.165, 1.54) is 6.07 Å². The normalized spacial score (nSPS) is 16.3.